The number of benzene rings is 1. The molecule has 8 N–H and O–H groups in total. The topological polar surface area (TPSA) is 210 Å². The molecule has 0 spiro atoms. The molecule has 0 aromatic heterocycles. The van der Waals surface area contributed by atoms with Gasteiger partial charge in [0.25, 0.3) is 0 Å². The number of hydrogen-bond donors (Lipinski definition) is 8. The summed E-state index contributed by atoms with van der Waals surface area (Å²) in [6.45, 7) is 1.10. The van der Waals surface area contributed by atoms with E-state index in [-0.39, 0.29) is 34.8 Å². The van der Waals surface area contributed by atoms with Crippen molar-refractivity contribution < 1.29 is 49.7 Å². The molecule has 214 valence electrons. The van der Waals surface area contributed by atoms with Crippen LogP contribution in [-0.4, -0.2) is 103 Å². The Morgan fingerprint density at radius 2 is 1.87 bits per heavy atom. The number of allylic oxidation sites excluding steroid dienone is 1. The van der Waals surface area contributed by atoms with E-state index in [1.54, 1.807) is 25.2 Å². The van der Waals surface area contributed by atoms with Crippen LogP contribution in [0, 0.1) is 5.41 Å². The molecular formula is C26H34N2O10S. The number of thioether (sulfide) groups is 1. The summed E-state index contributed by atoms with van der Waals surface area (Å²) in [5.41, 5.74) is -0.821. The van der Waals surface area contributed by atoms with Crippen LogP contribution >= 0.6 is 11.8 Å². The Bertz CT molecular complexity index is 1110. The molecule has 1 fully saturated rings. The van der Waals surface area contributed by atoms with Gasteiger partial charge in [0.2, 0.25) is 5.91 Å². The Balaban J connectivity index is 1.67. The molecule has 3 unspecified atom stereocenters. The van der Waals surface area contributed by atoms with Crippen molar-refractivity contribution in [2.24, 2.45) is 0 Å². The Hall–Kier alpha value is -2.94. The van der Waals surface area contributed by atoms with Crippen molar-refractivity contribution in [3.8, 4) is 11.5 Å². The average Bonchev–Trinajstić information content (AvgIpc) is 2.85. The lowest BCUT2D eigenvalue weighted by Crippen LogP contribution is -2.57. The third-order valence-electron chi connectivity index (χ3n) is 6.20. The van der Waals surface area contributed by atoms with E-state index < -0.39 is 66.2 Å². The molecule has 0 radical (unpaired) electrons. The molecule has 2 aliphatic rings. The Kier molecular flexibility index (Phi) is 10.9. The van der Waals surface area contributed by atoms with Crippen molar-refractivity contribution in [3.05, 3.63) is 47.6 Å². The van der Waals surface area contributed by atoms with Gasteiger partial charge in [-0.1, -0.05) is 18.2 Å². The van der Waals surface area contributed by atoms with Gasteiger partial charge in [-0.25, -0.2) is 4.79 Å². The minimum absolute atomic E-state index is 0.0557. The highest BCUT2D eigenvalue weighted by Gasteiger charge is 2.43. The molecule has 39 heavy (non-hydrogen) atoms. The minimum atomic E-state index is -1.53. The van der Waals surface area contributed by atoms with Gasteiger partial charge < -0.3 is 50.8 Å². The number of esters is 1. The molecule has 1 amide bonds. The summed E-state index contributed by atoms with van der Waals surface area (Å²) in [5, 5.41) is 70.5. The number of aliphatic hydroxyl groups is 4. The van der Waals surface area contributed by atoms with Gasteiger partial charge >= 0.3 is 5.97 Å². The number of carbonyl (C=O) groups excluding carboxylic acids is 2. The predicted molar refractivity (Wildman–Crippen MR) is 142 cm³/mol. The first kappa shape index (κ1) is 30.6. The summed E-state index contributed by atoms with van der Waals surface area (Å²) in [4.78, 5) is 25.4. The fourth-order valence-electron chi connectivity index (χ4n) is 4.19. The summed E-state index contributed by atoms with van der Waals surface area (Å²) < 4.78 is 10.8. The molecular weight excluding hydrogens is 532 g/mol. The zero-order valence-electron chi connectivity index (χ0n) is 21.3. The maximum atomic E-state index is 12.7. The monoisotopic (exact) mass is 566 g/mol. The maximum Gasteiger partial charge on any atom is 0.342 e. The van der Waals surface area contributed by atoms with Crippen molar-refractivity contribution >= 4 is 29.4 Å². The van der Waals surface area contributed by atoms with Crippen LogP contribution in [0.2, 0.25) is 0 Å². The Morgan fingerprint density at radius 1 is 1.13 bits per heavy atom. The van der Waals surface area contributed by atoms with E-state index in [9.17, 15) is 40.2 Å². The van der Waals surface area contributed by atoms with E-state index in [0.717, 1.165) is 17.8 Å². The van der Waals surface area contributed by atoms with Crippen molar-refractivity contribution in [3.63, 3.8) is 0 Å². The van der Waals surface area contributed by atoms with Gasteiger partial charge in [0.05, 0.1) is 18.4 Å². The lowest BCUT2D eigenvalue weighted by Gasteiger charge is -2.39. The molecule has 12 nitrogen and oxygen atoms in total. The number of nitrogens with one attached hydrogen (secondary N) is 2. The lowest BCUT2D eigenvalue weighted by molar-refractivity contribution is -0.205. The number of cyclic esters (lactones) is 1. The number of phenols is 2. The molecule has 0 bridgehead atoms. The van der Waals surface area contributed by atoms with Crippen LogP contribution < -0.4 is 5.32 Å². The fourth-order valence-corrected chi connectivity index (χ4v) is 5.16. The molecule has 7 atom stereocenters. The third kappa shape index (κ3) is 8.27. The molecule has 1 aromatic carbocycles. The molecule has 2 heterocycles. The lowest BCUT2D eigenvalue weighted by atomic mass is 9.99. The molecule has 0 saturated carbocycles. The average molecular weight is 567 g/mol. The predicted octanol–water partition coefficient (Wildman–Crippen LogP) is 0.129. The van der Waals surface area contributed by atoms with Crippen LogP contribution in [0.1, 0.15) is 35.7 Å². The molecule has 1 aromatic rings. The number of carbonyl (C=O) groups is 2. The third-order valence-corrected chi connectivity index (χ3v) is 7.34. The summed E-state index contributed by atoms with van der Waals surface area (Å²) in [6, 6.07) is 1.85. The SMILES string of the molecule is C[C@@H]1C/C=C/[C@@H](NC(=O)CS[C@H]2OC(CO)[C@H](O)C(O)C2O)C/C=C/C(=N)Cc2cc(O)cc(O)c2C(=O)O1. The zero-order chi connectivity index (χ0) is 28.7. The first-order chi connectivity index (χ1) is 18.5. The van der Waals surface area contributed by atoms with E-state index in [4.69, 9.17) is 14.9 Å². The quantitative estimate of drug-likeness (QED) is 0.177. The van der Waals surface area contributed by atoms with E-state index in [1.807, 2.05) is 0 Å². The number of phenolic OH excluding ortho intramolecular Hbond substituents is 2. The minimum Gasteiger partial charge on any atom is -0.508 e. The smallest absolute Gasteiger partial charge is 0.342 e. The van der Waals surface area contributed by atoms with Crippen LogP contribution in [0.5, 0.6) is 11.5 Å². The van der Waals surface area contributed by atoms with Crippen molar-refractivity contribution in [2.45, 2.75) is 68.2 Å². The van der Waals surface area contributed by atoms with Crippen molar-refractivity contribution in [1.29, 1.82) is 5.41 Å². The van der Waals surface area contributed by atoms with E-state index in [1.165, 1.54) is 12.1 Å². The van der Waals surface area contributed by atoms with Gasteiger partial charge in [-0.15, -0.1) is 11.8 Å². The second kappa shape index (κ2) is 13.9. The highest BCUT2D eigenvalue weighted by Crippen LogP contribution is 2.30. The van der Waals surface area contributed by atoms with Crippen LogP contribution in [0.3, 0.4) is 0 Å². The number of aliphatic hydroxyl groups excluding tert-OH is 4. The highest BCUT2D eigenvalue weighted by atomic mass is 32.2. The number of hydrogen-bond acceptors (Lipinski definition) is 12. The van der Waals surface area contributed by atoms with Crippen LogP contribution in [0.25, 0.3) is 0 Å². The number of fused-ring (bicyclic) bond motifs is 1. The molecule has 2 aliphatic heterocycles. The number of rotatable bonds is 5. The second-order valence-corrected chi connectivity index (χ2v) is 10.5. The summed E-state index contributed by atoms with van der Waals surface area (Å²) in [7, 11) is 0. The maximum absolute atomic E-state index is 12.7. The number of aromatic hydroxyl groups is 2. The van der Waals surface area contributed by atoms with Gasteiger partial charge in [-0.05, 0) is 31.1 Å². The molecule has 3 rings (SSSR count). The molecule has 13 heteroatoms. The number of amides is 1. The standard InChI is InChI=1S/C26H34N2O10S/c1-13-4-2-6-16(28-20(32)12-39-26-24(35)23(34)22(33)19(11-29)38-26)7-3-5-15(27)8-14-9-17(30)10-18(31)21(14)25(36)37-13/h2-3,5-6,9-10,13,16,19,22-24,26-27,29-31,33-35H,4,7-8,11-12H2,1H3,(H,28,32)/b5-3+,6-2+,27-15?/t13-,16-,19?,22+,23?,24?,26-/m1/s1. The van der Waals surface area contributed by atoms with Crippen molar-refractivity contribution in [1.82, 2.24) is 5.32 Å². The summed E-state index contributed by atoms with van der Waals surface area (Å²) >= 11 is 0.911. The van der Waals surface area contributed by atoms with Gasteiger partial charge in [0.1, 0.15) is 53.0 Å². The normalized spacial score (nSPS) is 31.9. The fraction of sp³-hybridized carbons (Fsp3) is 0.500. The van der Waals surface area contributed by atoms with Gasteiger partial charge in [0.15, 0.2) is 0 Å². The zero-order valence-corrected chi connectivity index (χ0v) is 22.1. The van der Waals surface area contributed by atoms with Crippen LogP contribution in [0.4, 0.5) is 0 Å². The second-order valence-electron chi connectivity index (χ2n) is 9.40. The molecule has 1 saturated heterocycles. The van der Waals surface area contributed by atoms with E-state index >= 15 is 0 Å². The molecule has 0 aliphatic carbocycles. The highest BCUT2D eigenvalue weighted by molar-refractivity contribution is 8.00. The first-order valence-electron chi connectivity index (χ1n) is 12.4. The van der Waals surface area contributed by atoms with Gasteiger partial charge in [-0.3, -0.25) is 4.79 Å². The summed E-state index contributed by atoms with van der Waals surface area (Å²) in [5.74, 6) is -2.03. The largest absolute Gasteiger partial charge is 0.508 e. The Labute approximate surface area is 229 Å². The van der Waals surface area contributed by atoms with Gasteiger partial charge in [-0.2, -0.15) is 0 Å². The van der Waals surface area contributed by atoms with Crippen LogP contribution in [0.15, 0.2) is 36.4 Å². The van der Waals surface area contributed by atoms with E-state index in [0.29, 0.717) is 12.8 Å². The Morgan fingerprint density at radius 3 is 2.59 bits per heavy atom. The van der Waals surface area contributed by atoms with Crippen molar-refractivity contribution in [2.75, 3.05) is 12.4 Å². The first-order valence-corrected chi connectivity index (χ1v) is 13.4. The van der Waals surface area contributed by atoms with Gasteiger partial charge in [0, 0.05) is 24.6 Å². The van der Waals surface area contributed by atoms with Crippen LogP contribution in [-0.2, 0) is 20.7 Å². The van der Waals surface area contributed by atoms with E-state index in [2.05, 4.69) is 5.32 Å². The summed E-state index contributed by atoms with van der Waals surface area (Å²) in [6.07, 6.45) is 1.10. The number of ether oxygens (including phenoxy) is 2.